The van der Waals surface area contributed by atoms with E-state index in [0.717, 1.165) is 51.4 Å². The Kier molecular flexibility index (Phi) is 3.88. The molecule has 1 aliphatic heterocycles. The molecule has 2 aliphatic rings. The molecule has 0 radical (unpaired) electrons. The summed E-state index contributed by atoms with van der Waals surface area (Å²) in [5.41, 5.74) is -0.791. The minimum Gasteiger partial charge on any atom is -0.444 e. The Morgan fingerprint density at radius 3 is 2.58 bits per heavy atom. The second-order valence-electron chi connectivity index (χ2n) is 6.89. The number of fused-ring (bicyclic) bond motifs is 1. The summed E-state index contributed by atoms with van der Waals surface area (Å²) in [6, 6.07) is 0.0438. The number of carbonyl (C=O) groups excluding carboxylic acids is 2. The Bertz CT molecular complexity index is 357. The fourth-order valence-corrected chi connectivity index (χ4v) is 3.47. The summed E-state index contributed by atoms with van der Waals surface area (Å²) in [6.07, 6.45) is 6.70. The maximum Gasteiger partial charge on any atom is 0.410 e. The van der Waals surface area contributed by atoms with Crippen molar-refractivity contribution in [3.05, 3.63) is 0 Å². The van der Waals surface area contributed by atoms with Crippen molar-refractivity contribution in [2.24, 2.45) is 5.41 Å². The van der Waals surface area contributed by atoms with Gasteiger partial charge in [-0.15, -0.1) is 0 Å². The number of likely N-dealkylation sites (tertiary alicyclic amines) is 1. The van der Waals surface area contributed by atoms with Gasteiger partial charge in [-0.05, 0) is 46.5 Å². The van der Waals surface area contributed by atoms with E-state index >= 15 is 0 Å². The minimum absolute atomic E-state index is 0.0438. The summed E-state index contributed by atoms with van der Waals surface area (Å²) in [7, 11) is 0. The smallest absolute Gasteiger partial charge is 0.410 e. The second-order valence-corrected chi connectivity index (χ2v) is 6.89. The average Bonchev–Trinajstić information content (AvgIpc) is 2.35. The zero-order valence-corrected chi connectivity index (χ0v) is 12.3. The topological polar surface area (TPSA) is 46.6 Å². The number of piperidine rings is 1. The van der Waals surface area contributed by atoms with Gasteiger partial charge in [-0.3, -0.25) is 0 Å². The molecule has 1 saturated heterocycles. The molecule has 2 fully saturated rings. The van der Waals surface area contributed by atoms with Crippen LogP contribution in [0.2, 0.25) is 0 Å². The molecule has 4 heteroatoms. The molecule has 2 rings (SSSR count). The maximum absolute atomic E-state index is 12.3. The van der Waals surface area contributed by atoms with Gasteiger partial charge in [0.2, 0.25) is 0 Å². The molecule has 2 atom stereocenters. The molecule has 0 aromatic rings. The molecule has 0 bridgehead atoms. The van der Waals surface area contributed by atoms with Crippen LogP contribution in [0.3, 0.4) is 0 Å². The number of carbonyl (C=O) groups is 2. The maximum atomic E-state index is 12.3. The van der Waals surface area contributed by atoms with Gasteiger partial charge < -0.3 is 14.4 Å². The van der Waals surface area contributed by atoms with Crippen molar-refractivity contribution < 1.29 is 14.3 Å². The van der Waals surface area contributed by atoms with E-state index in [2.05, 4.69) is 0 Å². The van der Waals surface area contributed by atoms with E-state index in [-0.39, 0.29) is 17.6 Å². The number of hydrogen-bond acceptors (Lipinski definition) is 3. The predicted molar refractivity (Wildman–Crippen MR) is 72.9 cm³/mol. The SMILES string of the molecule is CC(C)(C)OC(=O)N1CCC[C@]2(C=O)CCCC[C@@H]12. The van der Waals surface area contributed by atoms with E-state index in [9.17, 15) is 9.59 Å². The minimum atomic E-state index is -0.479. The van der Waals surface area contributed by atoms with E-state index in [1.807, 2.05) is 25.7 Å². The van der Waals surface area contributed by atoms with Gasteiger partial charge in [0.25, 0.3) is 0 Å². The van der Waals surface area contributed by atoms with E-state index in [1.54, 1.807) is 0 Å². The van der Waals surface area contributed by atoms with Gasteiger partial charge in [-0.1, -0.05) is 12.8 Å². The Labute approximate surface area is 115 Å². The monoisotopic (exact) mass is 267 g/mol. The molecule has 1 saturated carbocycles. The van der Waals surface area contributed by atoms with Crippen molar-refractivity contribution in [1.29, 1.82) is 0 Å². The lowest BCUT2D eigenvalue weighted by Crippen LogP contribution is -2.57. The van der Waals surface area contributed by atoms with Crippen LogP contribution in [0.5, 0.6) is 0 Å². The quantitative estimate of drug-likeness (QED) is 0.686. The first kappa shape index (κ1) is 14.4. The number of nitrogens with zero attached hydrogens (tertiary/aromatic N) is 1. The van der Waals surface area contributed by atoms with Gasteiger partial charge in [0.05, 0.1) is 0 Å². The van der Waals surface area contributed by atoms with Crippen LogP contribution < -0.4 is 0 Å². The van der Waals surface area contributed by atoms with Gasteiger partial charge in [0, 0.05) is 18.0 Å². The van der Waals surface area contributed by atoms with E-state index < -0.39 is 5.60 Å². The summed E-state index contributed by atoms with van der Waals surface area (Å²) in [6.45, 7) is 6.35. The van der Waals surface area contributed by atoms with Crippen LogP contribution in [0.25, 0.3) is 0 Å². The van der Waals surface area contributed by atoms with Crippen LogP contribution in [0.1, 0.15) is 59.3 Å². The van der Waals surface area contributed by atoms with Crippen molar-refractivity contribution in [2.75, 3.05) is 6.54 Å². The van der Waals surface area contributed by atoms with Crippen LogP contribution in [0.4, 0.5) is 4.79 Å². The summed E-state index contributed by atoms with van der Waals surface area (Å²) < 4.78 is 5.49. The predicted octanol–water partition coefficient (Wildman–Crippen LogP) is 3.15. The molecule has 0 N–H and O–H groups in total. The van der Waals surface area contributed by atoms with Crippen LogP contribution >= 0.6 is 0 Å². The third-order valence-corrected chi connectivity index (χ3v) is 4.31. The van der Waals surface area contributed by atoms with Gasteiger partial charge in [-0.2, -0.15) is 0 Å². The van der Waals surface area contributed by atoms with Crippen molar-refractivity contribution in [1.82, 2.24) is 4.90 Å². The Morgan fingerprint density at radius 2 is 1.95 bits per heavy atom. The molecule has 0 aromatic carbocycles. The summed E-state index contributed by atoms with van der Waals surface area (Å²) in [5.74, 6) is 0. The molecular weight excluding hydrogens is 242 g/mol. The molecular formula is C15H25NO3. The van der Waals surface area contributed by atoms with E-state index in [1.165, 1.54) is 0 Å². The molecule has 108 valence electrons. The van der Waals surface area contributed by atoms with Crippen LogP contribution in [0, 0.1) is 5.41 Å². The molecule has 4 nitrogen and oxygen atoms in total. The van der Waals surface area contributed by atoms with Crippen molar-refractivity contribution >= 4 is 12.4 Å². The van der Waals surface area contributed by atoms with E-state index in [0.29, 0.717) is 0 Å². The fraction of sp³-hybridized carbons (Fsp3) is 0.867. The van der Waals surface area contributed by atoms with Crippen LogP contribution in [-0.4, -0.2) is 35.5 Å². The van der Waals surface area contributed by atoms with Gasteiger partial charge in [-0.25, -0.2) is 4.79 Å². The molecule has 0 unspecified atom stereocenters. The molecule has 1 amide bonds. The lowest BCUT2D eigenvalue weighted by Gasteiger charge is -2.49. The molecule has 1 heterocycles. The lowest BCUT2D eigenvalue weighted by molar-refractivity contribution is -0.126. The number of ether oxygens (including phenoxy) is 1. The third-order valence-electron chi connectivity index (χ3n) is 4.31. The van der Waals surface area contributed by atoms with Gasteiger partial charge in [0.15, 0.2) is 0 Å². The standard InChI is InChI=1S/C15H25NO3/c1-14(2,3)19-13(18)16-10-6-9-15(11-17)8-5-4-7-12(15)16/h11-12H,4-10H2,1-3H3/t12-,15+/m1/s1. The molecule has 0 aromatic heterocycles. The van der Waals surface area contributed by atoms with Crippen LogP contribution in [0.15, 0.2) is 0 Å². The first-order chi connectivity index (χ1) is 8.88. The highest BCUT2D eigenvalue weighted by Crippen LogP contribution is 2.44. The number of aldehydes is 1. The first-order valence-corrected chi connectivity index (χ1v) is 7.34. The molecule has 1 aliphatic carbocycles. The van der Waals surface area contributed by atoms with E-state index in [4.69, 9.17) is 4.74 Å². The zero-order valence-electron chi connectivity index (χ0n) is 12.3. The highest BCUT2D eigenvalue weighted by atomic mass is 16.6. The summed E-state index contributed by atoms with van der Waals surface area (Å²) in [4.78, 5) is 25.7. The summed E-state index contributed by atoms with van der Waals surface area (Å²) in [5, 5.41) is 0. The fourth-order valence-electron chi connectivity index (χ4n) is 3.47. The number of rotatable bonds is 1. The first-order valence-electron chi connectivity index (χ1n) is 7.34. The summed E-state index contributed by atoms with van der Waals surface area (Å²) >= 11 is 0. The Morgan fingerprint density at radius 1 is 1.26 bits per heavy atom. The molecule has 19 heavy (non-hydrogen) atoms. The lowest BCUT2D eigenvalue weighted by atomic mass is 9.66. The highest BCUT2D eigenvalue weighted by Gasteiger charge is 2.48. The zero-order chi connectivity index (χ0) is 14.1. The molecule has 0 spiro atoms. The van der Waals surface area contributed by atoms with Crippen LogP contribution in [-0.2, 0) is 9.53 Å². The number of amides is 1. The average molecular weight is 267 g/mol. The van der Waals surface area contributed by atoms with Crippen molar-refractivity contribution in [3.63, 3.8) is 0 Å². The second kappa shape index (κ2) is 5.14. The van der Waals surface area contributed by atoms with Crippen molar-refractivity contribution in [3.8, 4) is 0 Å². The van der Waals surface area contributed by atoms with Gasteiger partial charge >= 0.3 is 6.09 Å². The third kappa shape index (κ3) is 2.93. The Hall–Kier alpha value is -1.06. The van der Waals surface area contributed by atoms with Crippen molar-refractivity contribution in [2.45, 2.75) is 70.9 Å². The largest absolute Gasteiger partial charge is 0.444 e. The number of hydrogen-bond donors (Lipinski definition) is 0. The van der Waals surface area contributed by atoms with Gasteiger partial charge in [0.1, 0.15) is 11.9 Å². The Balaban J connectivity index is 2.16. The normalized spacial score (nSPS) is 31.5. The highest BCUT2D eigenvalue weighted by molar-refractivity contribution is 5.71.